The molecule has 0 aliphatic rings. The number of likely N-dealkylation sites (N-methyl/N-ethyl adjacent to an activating group) is 1. The van der Waals surface area contributed by atoms with Gasteiger partial charge in [0.2, 0.25) is 0 Å². The minimum absolute atomic E-state index is 0.225. The maximum absolute atomic E-state index is 13.5. The Balaban J connectivity index is 2.66. The van der Waals surface area contributed by atoms with Gasteiger partial charge in [-0.2, -0.15) is 0 Å². The van der Waals surface area contributed by atoms with Crippen LogP contribution in [0.25, 0.3) is 0 Å². The number of benzene rings is 1. The normalized spacial score (nSPS) is 12.2. The summed E-state index contributed by atoms with van der Waals surface area (Å²) in [6.45, 7) is 4.47. The van der Waals surface area contributed by atoms with Gasteiger partial charge in [0, 0.05) is 23.1 Å². The molecule has 0 saturated carbocycles. The van der Waals surface area contributed by atoms with Crippen LogP contribution in [-0.2, 0) is 6.54 Å². The molecule has 0 aliphatic carbocycles. The van der Waals surface area contributed by atoms with E-state index in [9.17, 15) is 9.50 Å². The molecule has 0 radical (unpaired) electrons. The quantitative estimate of drug-likeness (QED) is 0.921. The predicted molar refractivity (Wildman–Crippen MR) is 66.7 cm³/mol. The molecule has 0 heterocycles. The summed E-state index contributed by atoms with van der Waals surface area (Å²) in [6.07, 6.45) is 0. The lowest BCUT2D eigenvalue weighted by atomic mass is 10.1. The fourth-order valence-corrected chi connectivity index (χ4v) is 1.99. The Morgan fingerprint density at radius 1 is 1.44 bits per heavy atom. The maximum atomic E-state index is 13.5. The van der Waals surface area contributed by atoms with Crippen LogP contribution in [0.2, 0.25) is 0 Å². The topological polar surface area (TPSA) is 23.5 Å². The van der Waals surface area contributed by atoms with Gasteiger partial charge < -0.3 is 5.11 Å². The van der Waals surface area contributed by atoms with Crippen LogP contribution in [0.5, 0.6) is 0 Å². The summed E-state index contributed by atoms with van der Waals surface area (Å²) in [5.41, 5.74) is -0.129. The Bertz CT molecular complexity index is 363. The van der Waals surface area contributed by atoms with E-state index in [0.717, 1.165) is 4.47 Å². The zero-order valence-electron chi connectivity index (χ0n) is 9.80. The van der Waals surface area contributed by atoms with Gasteiger partial charge >= 0.3 is 0 Å². The van der Waals surface area contributed by atoms with Crippen molar-refractivity contribution in [3.8, 4) is 0 Å². The highest BCUT2D eigenvalue weighted by Gasteiger charge is 2.16. The fraction of sp³-hybridized carbons (Fsp3) is 0.500. The van der Waals surface area contributed by atoms with Gasteiger partial charge in [0.05, 0.1) is 5.60 Å². The molecule has 1 aromatic rings. The summed E-state index contributed by atoms with van der Waals surface area (Å²) >= 11 is 3.22. The van der Waals surface area contributed by atoms with Gasteiger partial charge in [0.25, 0.3) is 0 Å². The molecular weight excluding hydrogens is 273 g/mol. The molecule has 1 aromatic carbocycles. The standard InChI is InChI=1S/C12H17BrFNO/c1-12(2,16)8-15(3)7-9-4-5-10(13)6-11(9)14/h4-6,16H,7-8H2,1-3H3. The van der Waals surface area contributed by atoms with Crippen LogP contribution in [0, 0.1) is 5.82 Å². The van der Waals surface area contributed by atoms with Crippen molar-refractivity contribution in [3.05, 3.63) is 34.1 Å². The number of nitrogens with zero attached hydrogens (tertiary/aromatic N) is 1. The lowest BCUT2D eigenvalue weighted by Gasteiger charge is -2.25. The molecule has 1 rings (SSSR count). The van der Waals surface area contributed by atoms with Crippen LogP contribution in [0.4, 0.5) is 4.39 Å². The van der Waals surface area contributed by atoms with E-state index in [4.69, 9.17) is 0 Å². The van der Waals surface area contributed by atoms with Crippen LogP contribution in [0.1, 0.15) is 19.4 Å². The van der Waals surface area contributed by atoms with Crippen LogP contribution in [0.15, 0.2) is 22.7 Å². The van der Waals surface area contributed by atoms with Gasteiger partial charge in [0.15, 0.2) is 0 Å². The van der Waals surface area contributed by atoms with E-state index in [2.05, 4.69) is 15.9 Å². The second kappa shape index (κ2) is 5.25. The molecule has 0 bridgehead atoms. The smallest absolute Gasteiger partial charge is 0.128 e. The zero-order valence-corrected chi connectivity index (χ0v) is 11.4. The molecule has 4 heteroatoms. The van der Waals surface area contributed by atoms with E-state index in [1.165, 1.54) is 6.07 Å². The Hall–Kier alpha value is -0.450. The first-order valence-corrected chi connectivity index (χ1v) is 5.92. The minimum atomic E-state index is -0.763. The molecule has 0 spiro atoms. The van der Waals surface area contributed by atoms with E-state index >= 15 is 0 Å². The summed E-state index contributed by atoms with van der Waals surface area (Å²) in [4.78, 5) is 1.90. The van der Waals surface area contributed by atoms with Crippen LogP contribution in [0.3, 0.4) is 0 Å². The Labute approximate surface area is 104 Å². The number of rotatable bonds is 4. The van der Waals surface area contributed by atoms with Gasteiger partial charge in [-0.05, 0) is 33.0 Å². The summed E-state index contributed by atoms with van der Waals surface area (Å²) < 4.78 is 14.3. The summed E-state index contributed by atoms with van der Waals surface area (Å²) in [6, 6.07) is 5.02. The molecule has 16 heavy (non-hydrogen) atoms. The second-order valence-corrected chi connectivity index (χ2v) is 5.64. The first-order valence-electron chi connectivity index (χ1n) is 5.13. The van der Waals surface area contributed by atoms with Crippen molar-refractivity contribution in [3.63, 3.8) is 0 Å². The number of aliphatic hydroxyl groups is 1. The number of halogens is 2. The Kier molecular flexibility index (Phi) is 4.47. The largest absolute Gasteiger partial charge is 0.389 e. The molecule has 0 aromatic heterocycles. The molecule has 2 nitrogen and oxygen atoms in total. The highest BCUT2D eigenvalue weighted by Crippen LogP contribution is 2.17. The number of hydrogen-bond donors (Lipinski definition) is 1. The molecule has 0 amide bonds. The van der Waals surface area contributed by atoms with E-state index < -0.39 is 5.60 Å². The predicted octanol–water partition coefficient (Wildman–Crippen LogP) is 2.79. The molecule has 0 fully saturated rings. The van der Waals surface area contributed by atoms with E-state index in [1.54, 1.807) is 19.9 Å². The van der Waals surface area contributed by atoms with Crippen LogP contribution >= 0.6 is 15.9 Å². The summed E-state index contributed by atoms with van der Waals surface area (Å²) in [5, 5.41) is 9.64. The van der Waals surface area contributed by atoms with Gasteiger partial charge in [0.1, 0.15) is 5.82 Å². The van der Waals surface area contributed by atoms with Crippen molar-refractivity contribution in [2.75, 3.05) is 13.6 Å². The van der Waals surface area contributed by atoms with Crippen molar-refractivity contribution in [2.24, 2.45) is 0 Å². The minimum Gasteiger partial charge on any atom is -0.389 e. The molecule has 0 atom stereocenters. The molecule has 0 aliphatic heterocycles. The molecular formula is C12H17BrFNO. The third-order valence-electron chi connectivity index (χ3n) is 2.11. The lowest BCUT2D eigenvalue weighted by molar-refractivity contribution is 0.0422. The molecule has 1 N–H and O–H groups in total. The van der Waals surface area contributed by atoms with Gasteiger partial charge in [-0.25, -0.2) is 4.39 Å². The maximum Gasteiger partial charge on any atom is 0.128 e. The van der Waals surface area contributed by atoms with Crippen molar-refractivity contribution in [1.82, 2.24) is 4.90 Å². The zero-order chi connectivity index (χ0) is 12.3. The number of hydrogen-bond acceptors (Lipinski definition) is 2. The van der Waals surface area contributed by atoms with Gasteiger partial charge in [-0.3, -0.25) is 4.90 Å². The highest BCUT2D eigenvalue weighted by molar-refractivity contribution is 9.10. The van der Waals surface area contributed by atoms with E-state index in [-0.39, 0.29) is 5.82 Å². The van der Waals surface area contributed by atoms with Gasteiger partial charge in [-0.1, -0.05) is 22.0 Å². The van der Waals surface area contributed by atoms with Crippen LogP contribution < -0.4 is 0 Å². The third-order valence-corrected chi connectivity index (χ3v) is 2.61. The van der Waals surface area contributed by atoms with Gasteiger partial charge in [-0.15, -0.1) is 0 Å². The Morgan fingerprint density at radius 3 is 2.56 bits per heavy atom. The van der Waals surface area contributed by atoms with Crippen molar-refractivity contribution >= 4 is 15.9 Å². The van der Waals surface area contributed by atoms with E-state index in [1.807, 2.05) is 18.0 Å². The highest BCUT2D eigenvalue weighted by atomic mass is 79.9. The SMILES string of the molecule is CN(Cc1ccc(Br)cc1F)CC(C)(C)O. The van der Waals surface area contributed by atoms with Crippen molar-refractivity contribution in [2.45, 2.75) is 26.0 Å². The molecule has 90 valence electrons. The average Bonchev–Trinajstić information content (AvgIpc) is 2.06. The lowest BCUT2D eigenvalue weighted by Crippen LogP contribution is -2.35. The second-order valence-electron chi connectivity index (χ2n) is 4.72. The fourth-order valence-electron chi connectivity index (χ4n) is 1.66. The summed E-state index contributed by atoms with van der Waals surface area (Å²) in [5.74, 6) is -0.225. The van der Waals surface area contributed by atoms with E-state index in [0.29, 0.717) is 18.7 Å². The monoisotopic (exact) mass is 289 g/mol. The average molecular weight is 290 g/mol. The molecule has 0 saturated heterocycles. The third kappa shape index (κ3) is 4.60. The first-order chi connectivity index (χ1) is 7.28. The van der Waals surface area contributed by atoms with Crippen molar-refractivity contribution < 1.29 is 9.50 Å². The van der Waals surface area contributed by atoms with Crippen LogP contribution in [-0.4, -0.2) is 29.2 Å². The molecule has 0 unspecified atom stereocenters. The first kappa shape index (κ1) is 13.6. The summed E-state index contributed by atoms with van der Waals surface area (Å²) in [7, 11) is 1.86. The Morgan fingerprint density at radius 2 is 2.06 bits per heavy atom. The van der Waals surface area contributed by atoms with Crippen molar-refractivity contribution in [1.29, 1.82) is 0 Å².